The normalized spacial score (nSPS) is 18.4. The molecule has 4 heteroatoms. The summed E-state index contributed by atoms with van der Waals surface area (Å²) in [5.41, 5.74) is 0.694. The molecule has 0 saturated carbocycles. The fourth-order valence-corrected chi connectivity index (χ4v) is 3.04. The third kappa shape index (κ3) is 3.05. The van der Waals surface area contributed by atoms with Crippen LogP contribution in [0, 0.1) is 0 Å². The van der Waals surface area contributed by atoms with Crippen LogP contribution in [0.3, 0.4) is 0 Å². The third-order valence-corrected chi connectivity index (χ3v) is 3.88. The summed E-state index contributed by atoms with van der Waals surface area (Å²) in [5, 5.41) is 10.2. The maximum atomic E-state index is 10.2. The lowest BCUT2D eigenvalue weighted by atomic mass is 9.89. The van der Waals surface area contributed by atoms with Crippen molar-refractivity contribution in [2.45, 2.75) is 31.9 Å². The molecule has 1 heterocycles. The monoisotopic (exact) mass is 313 g/mol. The molecule has 1 aromatic carbocycles. The topological polar surface area (TPSA) is 32.7 Å². The van der Waals surface area contributed by atoms with Crippen LogP contribution in [0.4, 0.5) is 0 Å². The highest BCUT2D eigenvalue weighted by atomic mass is 79.9. The maximum absolute atomic E-state index is 10.2. The molecular formula is C14H20BrNO2. The molecule has 0 atom stereocenters. The van der Waals surface area contributed by atoms with Crippen molar-refractivity contribution in [3.05, 3.63) is 28.2 Å². The van der Waals surface area contributed by atoms with Crippen LogP contribution in [0.5, 0.6) is 5.75 Å². The van der Waals surface area contributed by atoms with Gasteiger partial charge in [-0.05, 0) is 24.6 Å². The number of aliphatic hydroxyl groups is 1. The van der Waals surface area contributed by atoms with Gasteiger partial charge in [-0.1, -0.05) is 29.3 Å². The minimum absolute atomic E-state index is 0.464. The Morgan fingerprint density at radius 1 is 1.44 bits per heavy atom. The van der Waals surface area contributed by atoms with Crippen molar-refractivity contribution in [3.8, 4) is 5.75 Å². The number of β-amino-alcohol motifs (C(OH)–C–C–N with tert-alkyl or cyclic N) is 1. The van der Waals surface area contributed by atoms with Gasteiger partial charge >= 0.3 is 0 Å². The number of nitrogens with zero attached hydrogens (tertiary/aromatic N) is 1. The zero-order chi connectivity index (χ0) is 13.2. The molecule has 0 radical (unpaired) electrons. The quantitative estimate of drug-likeness (QED) is 0.907. The highest BCUT2D eigenvalue weighted by molar-refractivity contribution is 9.10. The molecule has 0 bridgehead atoms. The second kappa shape index (κ2) is 5.59. The van der Waals surface area contributed by atoms with Crippen molar-refractivity contribution in [2.75, 3.05) is 20.2 Å². The Hall–Kier alpha value is -0.580. The maximum Gasteiger partial charge on any atom is 0.123 e. The zero-order valence-electron chi connectivity index (χ0n) is 10.9. The highest BCUT2D eigenvalue weighted by Gasteiger charge is 2.40. The molecule has 3 nitrogen and oxygen atoms in total. The predicted octanol–water partition coefficient (Wildman–Crippen LogP) is 2.80. The number of likely N-dealkylation sites (tertiary alicyclic amines) is 1. The van der Waals surface area contributed by atoms with E-state index < -0.39 is 5.60 Å². The summed E-state index contributed by atoms with van der Waals surface area (Å²) in [5.74, 6) is 0.907. The molecule has 0 aliphatic carbocycles. The average Bonchev–Trinajstić information content (AvgIpc) is 2.27. The summed E-state index contributed by atoms with van der Waals surface area (Å²) in [6.45, 7) is 4.46. The van der Waals surface area contributed by atoms with Crippen LogP contribution in [0.15, 0.2) is 22.7 Å². The Kier molecular flexibility index (Phi) is 4.30. The van der Waals surface area contributed by atoms with Gasteiger partial charge in [0.25, 0.3) is 0 Å². The minimum Gasteiger partial charge on any atom is -0.496 e. The van der Waals surface area contributed by atoms with Gasteiger partial charge in [-0.25, -0.2) is 0 Å². The Labute approximate surface area is 117 Å². The van der Waals surface area contributed by atoms with E-state index in [4.69, 9.17) is 4.74 Å². The Morgan fingerprint density at radius 3 is 2.78 bits per heavy atom. The van der Waals surface area contributed by atoms with Crippen molar-refractivity contribution < 1.29 is 9.84 Å². The number of halogens is 1. The van der Waals surface area contributed by atoms with Crippen molar-refractivity contribution in [2.24, 2.45) is 0 Å². The second-order valence-electron chi connectivity index (χ2n) is 5.08. The lowest BCUT2D eigenvalue weighted by Gasteiger charge is -2.46. The largest absolute Gasteiger partial charge is 0.496 e. The minimum atomic E-state index is -0.464. The number of ether oxygens (including phenoxy) is 1. The van der Waals surface area contributed by atoms with E-state index in [1.807, 2.05) is 12.1 Å². The summed E-state index contributed by atoms with van der Waals surface area (Å²) >= 11 is 3.48. The average molecular weight is 314 g/mol. The predicted molar refractivity (Wildman–Crippen MR) is 75.8 cm³/mol. The first-order valence-corrected chi connectivity index (χ1v) is 7.13. The number of benzene rings is 1. The van der Waals surface area contributed by atoms with E-state index in [9.17, 15) is 5.11 Å². The summed E-state index contributed by atoms with van der Waals surface area (Å²) in [6, 6.07) is 6.03. The van der Waals surface area contributed by atoms with Gasteiger partial charge in [0.1, 0.15) is 5.75 Å². The molecular weight excluding hydrogens is 294 g/mol. The molecule has 0 unspecified atom stereocenters. The number of methoxy groups -OCH3 is 1. The fraction of sp³-hybridized carbons (Fsp3) is 0.571. The lowest BCUT2D eigenvalue weighted by Crippen LogP contribution is -2.60. The summed E-state index contributed by atoms with van der Waals surface area (Å²) in [4.78, 5) is 2.25. The van der Waals surface area contributed by atoms with Crippen molar-refractivity contribution in [3.63, 3.8) is 0 Å². The van der Waals surface area contributed by atoms with Gasteiger partial charge in [-0.3, -0.25) is 4.90 Å². The van der Waals surface area contributed by atoms with Gasteiger partial charge in [-0.15, -0.1) is 0 Å². The molecule has 1 saturated heterocycles. The van der Waals surface area contributed by atoms with E-state index in [1.165, 1.54) is 0 Å². The summed E-state index contributed by atoms with van der Waals surface area (Å²) < 4.78 is 6.42. The smallest absolute Gasteiger partial charge is 0.123 e. The number of hydrogen-bond donors (Lipinski definition) is 1. The molecule has 1 aliphatic heterocycles. The van der Waals surface area contributed by atoms with Gasteiger partial charge in [0, 0.05) is 29.7 Å². The number of rotatable bonds is 5. The van der Waals surface area contributed by atoms with Crippen molar-refractivity contribution >= 4 is 15.9 Å². The van der Waals surface area contributed by atoms with Gasteiger partial charge < -0.3 is 9.84 Å². The molecule has 1 fully saturated rings. The first-order chi connectivity index (χ1) is 8.56. The molecule has 0 amide bonds. The van der Waals surface area contributed by atoms with E-state index in [0.29, 0.717) is 0 Å². The van der Waals surface area contributed by atoms with Gasteiger partial charge in [0.15, 0.2) is 0 Å². The fourth-order valence-electron chi connectivity index (χ4n) is 2.63. The molecule has 1 N–H and O–H groups in total. The molecule has 100 valence electrons. The Bertz CT molecular complexity index is 416. The van der Waals surface area contributed by atoms with Crippen molar-refractivity contribution in [1.29, 1.82) is 0 Å². The van der Waals surface area contributed by atoms with Crippen LogP contribution >= 0.6 is 15.9 Å². The van der Waals surface area contributed by atoms with Gasteiger partial charge in [-0.2, -0.15) is 0 Å². The van der Waals surface area contributed by atoms with Gasteiger partial charge in [0.05, 0.1) is 12.7 Å². The van der Waals surface area contributed by atoms with Crippen LogP contribution < -0.4 is 4.74 Å². The van der Waals surface area contributed by atoms with Crippen molar-refractivity contribution in [1.82, 2.24) is 4.90 Å². The number of hydrogen-bond acceptors (Lipinski definition) is 3. The van der Waals surface area contributed by atoms with Crippen LogP contribution in [0.2, 0.25) is 0 Å². The van der Waals surface area contributed by atoms with Crippen LogP contribution in [-0.4, -0.2) is 35.8 Å². The zero-order valence-corrected chi connectivity index (χ0v) is 12.5. The first-order valence-electron chi connectivity index (χ1n) is 6.33. The lowest BCUT2D eigenvalue weighted by molar-refractivity contribution is -0.106. The first kappa shape index (κ1) is 13.8. The molecule has 0 aromatic heterocycles. The third-order valence-electron chi connectivity index (χ3n) is 3.39. The van der Waals surface area contributed by atoms with E-state index >= 15 is 0 Å². The Morgan fingerprint density at radius 2 is 2.17 bits per heavy atom. The highest BCUT2D eigenvalue weighted by Crippen LogP contribution is 2.30. The van der Waals surface area contributed by atoms with Gasteiger partial charge in [0.2, 0.25) is 0 Å². The van der Waals surface area contributed by atoms with Crippen LogP contribution in [-0.2, 0) is 6.54 Å². The molecule has 1 aromatic rings. The molecule has 0 spiro atoms. The Balaban J connectivity index is 1.97. The van der Waals surface area contributed by atoms with E-state index in [2.05, 4.69) is 33.8 Å². The molecule has 2 rings (SSSR count). The molecule has 1 aliphatic rings. The van der Waals surface area contributed by atoms with E-state index in [-0.39, 0.29) is 0 Å². The summed E-state index contributed by atoms with van der Waals surface area (Å²) in [7, 11) is 1.69. The van der Waals surface area contributed by atoms with E-state index in [1.54, 1.807) is 7.11 Å². The second-order valence-corrected chi connectivity index (χ2v) is 5.99. The van der Waals surface area contributed by atoms with E-state index in [0.717, 1.165) is 48.3 Å². The van der Waals surface area contributed by atoms with Crippen LogP contribution in [0.25, 0.3) is 0 Å². The van der Waals surface area contributed by atoms with Crippen LogP contribution in [0.1, 0.15) is 25.3 Å². The SMILES string of the molecule is CCCC1(O)CN(Cc2cc(Br)ccc2OC)C1. The summed E-state index contributed by atoms with van der Waals surface area (Å²) in [6.07, 6.45) is 1.92. The standard InChI is InChI=1S/C14H20BrNO2/c1-3-6-14(17)9-16(10-14)8-11-7-12(15)4-5-13(11)18-2/h4-5,7,17H,3,6,8-10H2,1-2H3. The molecule has 18 heavy (non-hydrogen) atoms.